The van der Waals surface area contributed by atoms with Gasteiger partial charge in [-0.15, -0.1) is 11.8 Å². The minimum atomic E-state index is -0.277. The van der Waals surface area contributed by atoms with Gasteiger partial charge in [-0.2, -0.15) is 0 Å². The van der Waals surface area contributed by atoms with Gasteiger partial charge in [-0.25, -0.2) is 0 Å². The van der Waals surface area contributed by atoms with E-state index in [1.807, 2.05) is 13.8 Å². The van der Waals surface area contributed by atoms with E-state index in [1.54, 1.807) is 18.9 Å². The van der Waals surface area contributed by atoms with Gasteiger partial charge in [0.2, 0.25) is 5.91 Å². The van der Waals surface area contributed by atoms with Crippen LogP contribution in [0.15, 0.2) is 4.52 Å². The van der Waals surface area contributed by atoms with E-state index in [0.29, 0.717) is 24.7 Å². The Morgan fingerprint density at radius 2 is 2.10 bits per heavy atom. The van der Waals surface area contributed by atoms with E-state index in [0.717, 1.165) is 17.0 Å². The molecule has 7 heteroatoms. The van der Waals surface area contributed by atoms with Crippen molar-refractivity contribution >= 4 is 23.6 Å². The molecule has 1 aromatic rings. The predicted octanol–water partition coefficient (Wildman–Crippen LogP) is 1.94. The van der Waals surface area contributed by atoms with Gasteiger partial charge in [-0.3, -0.25) is 9.59 Å². The van der Waals surface area contributed by atoms with E-state index in [-0.39, 0.29) is 18.3 Å². The molecule has 0 aromatic carbocycles. The van der Waals surface area contributed by atoms with Crippen molar-refractivity contribution in [2.45, 2.75) is 32.9 Å². The average molecular weight is 314 g/mol. The first kappa shape index (κ1) is 17.6. The molecule has 0 aliphatic carbocycles. The molecule has 0 saturated heterocycles. The minimum Gasteiger partial charge on any atom is -0.466 e. The lowest BCUT2D eigenvalue weighted by Gasteiger charge is -2.16. The van der Waals surface area contributed by atoms with Crippen molar-refractivity contribution in [3.05, 3.63) is 17.0 Å². The largest absolute Gasteiger partial charge is 0.466 e. The number of carbonyl (C=O) groups is 2. The van der Waals surface area contributed by atoms with Crippen LogP contribution in [-0.4, -0.2) is 47.9 Å². The van der Waals surface area contributed by atoms with Crippen molar-refractivity contribution in [1.29, 1.82) is 0 Å². The summed E-state index contributed by atoms with van der Waals surface area (Å²) in [5, 5.41) is 3.88. The lowest BCUT2D eigenvalue weighted by atomic mass is 10.2. The minimum absolute atomic E-state index is 0.00365. The van der Waals surface area contributed by atoms with E-state index in [1.165, 1.54) is 11.8 Å². The number of thioether (sulfide) groups is 1. The fourth-order valence-electron chi connectivity index (χ4n) is 1.68. The van der Waals surface area contributed by atoms with Crippen molar-refractivity contribution in [2.24, 2.45) is 0 Å². The summed E-state index contributed by atoms with van der Waals surface area (Å²) < 4.78 is 9.91. The predicted molar refractivity (Wildman–Crippen MR) is 81.0 cm³/mol. The Hall–Kier alpha value is -1.50. The zero-order chi connectivity index (χ0) is 15.8. The fraction of sp³-hybridized carbons (Fsp3) is 0.643. The molecule has 0 bridgehead atoms. The number of carbonyl (C=O) groups excluding carboxylic acids is 2. The Morgan fingerprint density at radius 1 is 1.38 bits per heavy atom. The summed E-state index contributed by atoms with van der Waals surface area (Å²) in [5.74, 6) is 1.57. The Morgan fingerprint density at radius 3 is 2.67 bits per heavy atom. The maximum Gasteiger partial charge on any atom is 0.307 e. The third-order valence-electron chi connectivity index (χ3n) is 3.04. The molecule has 0 N–H and O–H groups in total. The number of amides is 1. The van der Waals surface area contributed by atoms with Gasteiger partial charge in [-0.05, 0) is 20.8 Å². The standard InChI is InChI=1S/C14H22N2O4S/c1-5-19-14(18)6-7-16(4)13(17)9-21-8-12-10(2)15-20-11(12)3/h5-9H2,1-4H3. The smallest absolute Gasteiger partial charge is 0.307 e. The second-order valence-corrected chi connectivity index (χ2v) is 5.65. The van der Waals surface area contributed by atoms with Crippen LogP contribution in [0.3, 0.4) is 0 Å². The molecular weight excluding hydrogens is 292 g/mol. The van der Waals surface area contributed by atoms with Crippen LogP contribution < -0.4 is 0 Å². The fourth-order valence-corrected chi connectivity index (χ4v) is 2.79. The quantitative estimate of drug-likeness (QED) is 0.683. The molecule has 1 aromatic heterocycles. The summed E-state index contributed by atoms with van der Waals surface area (Å²) in [6.07, 6.45) is 0.227. The number of hydrogen-bond donors (Lipinski definition) is 0. The van der Waals surface area contributed by atoms with Crippen molar-refractivity contribution in [1.82, 2.24) is 10.1 Å². The van der Waals surface area contributed by atoms with Gasteiger partial charge in [0.05, 0.1) is 24.5 Å². The number of nitrogens with zero attached hydrogens (tertiary/aromatic N) is 2. The summed E-state index contributed by atoms with van der Waals surface area (Å²) in [6, 6.07) is 0. The van der Waals surface area contributed by atoms with Gasteiger partial charge in [0, 0.05) is 24.9 Å². The summed E-state index contributed by atoms with van der Waals surface area (Å²) in [5.41, 5.74) is 1.91. The molecule has 21 heavy (non-hydrogen) atoms. The molecular formula is C14H22N2O4S. The SMILES string of the molecule is CCOC(=O)CCN(C)C(=O)CSCc1c(C)noc1C. The maximum atomic E-state index is 11.9. The third-order valence-corrected chi connectivity index (χ3v) is 3.98. The van der Waals surface area contributed by atoms with E-state index in [2.05, 4.69) is 5.16 Å². The lowest BCUT2D eigenvalue weighted by molar-refractivity contribution is -0.143. The van der Waals surface area contributed by atoms with Crippen LogP contribution in [0.1, 0.15) is 30.4 Å². The monoisotopic (exact) mass is 314 g/mol. The van der Waals surface area contributed by atoms with E-state index in [4.69, 9.17) is 9.26 Å². The second-order valence-electron chi connectivity index (χ2n) is 4.67. The lowest BCUT2D eigenvalue weighted by Crippen LogP contribution is -2.30. The molecule has 0 spiro atoms. The average Bonchev–Trinajstić information content (AvgIpc) is 2.76. The molecule has 0 saturated carbocycles. The summed E-state index contributed by atoms with van der Waals surface area (Å²) in [6.45, 7) is 6.26. The summed E-state index contributed by atoms with van der Waals surface area (Å²) >= 11 is 1.51. The van der Waals surface area contributed by atoms with Gasteiger partial charge >= 0.3 is 5.97 Å². The van der Waals surface area contributed by atoms with Gasteiger partial charge in [0.15, 0.2) is 0 Å². The van der Waals surface area contributed by atoms with E-state index >= 15 is 0 Å². The molecule has 0 aliphatic rings. The number of hydrogen-bond acceptors (Lipinski definition) is 6. The van der Waals surface area contributed by atoms with Crippen molar-refractivity contribution < 1.29 is 18.8 Å². The Kier molecular flexibility index (Phi) is 7.28. The van der Waals surface area contributed by atoms with Crippen LogP contribution in [0.2, 0.25) is 0 Å². The molecule has 0 aliphatic heterocycles. The molecule has 0 unspecified atom stereocenters. The highest BCUT2D eigenvalue weighted by Crippen LogP contribution is 2.19. The highest BCUT2D eigenvalue weighted by atomic mass is 32.2. The number of aromatic nitrogens is 1. The van der Waals surface area contributed by atoms with Crippen molar-refractivity contribution in [3.8, 4) is 0 Å². The summed E-state index contributed by atoms with van der Waals surface area (Å²) in [4.78, 5) is 24.7. The van der Waals surface area contributed by atoms with Gasteiger partial charge in [0.1, 0.15) is 5.76 Å². The zero-order valence-electron chi connectivity index (χ0n) is 13.0. The molecule has 0 atom stereocenters. The van der Waals surface area contributed by atoms with Crippen LogP contribution in [0.4, 0.5) is 0 Å². The van der Waals surface area contributed by atoms with Crippen LogP contribution >= 0.6 is 11.8 Å². The van der Waals surface area contributed by atoms with E-state index < -0.39 is 0 Å². The summed E-state index contributed by atoms with van der Waals surface area (Å²) in [7, 11) is 1.69. The van der Waals surface area contributed by atoms with Crippen LogP contribution in [0.25, 0.3) is 0 Å². The van der Waals surface area contributed by atoms with Gasteiger partial charge < -0.3 is 14.2 Å². The Bertz CT molecular complexity index is 468. The first-order valence-electron chi connectivity index (χ1n) is 6.84. The zero-order valence-corrected chi connectivity index (χ0v) is 13.8. The van der Waals surface area contributed by atoms with Gasteiger partial charge in [0.25, 0.3) is 0 Å². The second kappa shape index (κ2) is 8.71. The Labute approximate surface area is 129 Å². The molecule has 1 heterocycles. The van der Waals surface area contributed by atoms with Crippen molar-refractivity contribution in [3.63, 3.8) is 0 Å². The number of aryl methyl sites for hydroxylation is 2. The number of esters is 1. The highest BCUT2D eigenvalue weighted by Gasteiger charge is 2.13. The molecule has 1 rings (SSSR count). The molecule has 0 radical (unpaired) electrons. The topological polar surface area (TPSA) is 72.6 Å². The first-order valence-corrected chi connectivity index (χ1v) is 8.00. The van der Waals surface area contributed by atoms with Crippen LogP contribution in [0, 0.1) is 13.8 Å². The molecule has 6 nitrogen and oxygen atoms in total. The van der Waals surface area contributed by atoms with E-state index in [9.17, 15) is 9.59 Å². The molecule has 0 fully saturated rings. The normalized spacial score (nSPS) is 10.5. The first-order chi connectivity index (χ1) is 9.95. The molecule has 118 valence electrons. The number of rotatable bonds is 8. The van der Waals surface area contributed by atoms with Gasteiger partial charge in [-0.1, -0.05) is 5.16 Å². The van der Waals surface area contributed by atoms with Crippen molar-refractivity contribution in [2.75, 3.05) is 26.0 Å². The molecule has 1 amide bonds. The van der Waals surface area contributed by atoms with Crippen LogP contribution in [0.5, 0.6) is 0 Å². The maximum absolute atomic E-state index is 11.9. The number of ether oxygens (including phenoxy) is 1. The Balaban J connectivity index is 2.28. The van der Waals surface area contributed by atoms with Crippen LogP contribution in [-0.2, 0) is 20.1 Å². The highest BCUT2D eigenvalue weighted by molar-refractivity contribution is 7.99. The third kappa shape index (κ3) is 5.79.